The average Bonchev–Trinajstić information content (AvgIpc) is 2.70. The summed E-state index contributed by atoms with van der Waals surface area (Å²) in [5.74, 6) is -0.912. The molecule has 2 aromatic heterocycles. The molecule has 0 aliphatic carbocycles. The molecule has 9 nitrogen and oxygen atoms in total. The smallest absolute Gasteiger partial charge is 0.329 e. The largest absolute Gasteiger partial charge is 0.384 e. The summed E-state index contributed by atoms with van der Waals surface area (Å²) in [4.78, 5) is 55.9. The lowest BCUT2D eigenvalue weighted by Gasteiger charge is -2.18. The van der Waals surface area contributed by atoms with Crippen molar-refractivity contribution in [2.45, 2.75) is 31.5 Å². The zero-order valence-electron chi connectivity index (χ0n) is 16.3. The number of aromatic amines is 1. The van der Waals surface area contributed by atoms with E-state index in [1.54, 1.807) is 28.8 Å². The first-order valence-electron chi connectivity index (χ1n) is 9.02. The van der Waals surface area contributed by atoms with E-state index in [1.165, 1.54) is 7.05 Å². The molecule has 3 rings (SSSR count). The van der Waals surface area contributed by atoms with Gasteiger partial charge in [-0.3, -0.25) is 28.5 Å². The lowest BCUT2D eigenvalue weighted by molar-refractivity contribution is 0.102. The molecule has 2 heterocycles. The van der Waals surface area contributed by atoms with E-state index in [9.17, 15) is 19.2 Å². The van der Waals surface area contributed by atoms with Crippen LogP contribution < -0.4 is 22.5 Å². The number of nitrogens with two attached hydrogens (primary N) is 1. The van der Waals surface area contributed by atoms with Crippen LogP contribution in [0.5, 0.6) is 0 Å². The molecular weight excluding hydrogens is 394 g/mol. The van der Waals surface area contributed by atoms with Gasteiger partial charge in [0.1, 0.15) is 11.4 Å². The zero-order chi connectivity index (χ0) is 21.3. The number of carbonyl (C=O) groups excluding carboxylic acids is 1. The SMILES string of the molecule is CC[C@@H](C)n1c(SCC(=O)c2c(N)n(C)c(=O)[nH]c2=O)nc2ccccc2c1=O. The first kappa shape index (κ1) is 20.6. The molecule has 152 valence electrons. The predicted octanol–water partition coefficient (Wildman–Crippen LogP) is 1.31. The fourth-order valence-electron chi connectivity index (χ4n) is 2.91. The third-order valence-electron chi connectivity index (χ3n) is 4.79. The summed E-state index contributed by atoms with van der Waals surface area (Å²) in [6, 6.07) is 6.89. The second kappa shape index (κ2) is 8.08. The number of rotatable bonds is 6. The van der Waals surface area contributed by atoms with Gasteiger partial charge in [0.15, 0.2) is 10.9 Å². The number of H-pyrrole nitrogens is 1. The van der Waals surface area contributed by atoms with Crippen molar-refractivity contribution in [1.29, 1.82) is 0 Å². The van der Waals surface area contributed by atoms with Crippen molar-refractivity contribution in [2.75, 3.05) is 11.5 Å². The third kappa shape index (κ3) is 3.75. The molecule has 0 unspecified atom stereocenters. The molecule has 0 fully saturated rings. The van der Waals surface area contributed by atoms with Crippen LogP contribution in [0.4, 0.5) is 5.82 Å². The third-order valence-corrected chi connectivity index (χ3v) is 5.74. The highest BCUT2D eigenvalue weighted by molar-refractivity contribution is 7.99. The van der Waals surface area contributed by atoms with Crippen LogP contribution in [0.2, 0.25) is 0 Å². The Morgan fingerprint density at radius 3 is 2.66 bits per heavy atom. The molecule has 0 bridgehead atoms. The number of nitrogens with one attached hydrogen (secondary N) is 1. The van der Waals surface area contributed by atoms with E-state index in [2.05, 4.69) is 9.97 Å². The van der Waals surface area contributed by atoms with Crippen molar-refractivity contribution in [3.63, 3.8) is 0 Å². The number of fused-ring (bicyclic) bond motifs is 1. The number of ketones is 1. The molecule has 0 saturated carbocycles. The molecule has 3 aromatic rings. The number of thioether (sulfide) groups is 1. The Morgan fingerprint density at radius 1 is 1.28 bits per heavy atom. The molecular formula is C19H21N5O4S. The quantitative estimate of drug-likeness (QED) is 0.352. The van der Waals surface area contributed by atoms with Gasteiger partial charge in [0.2, 0.25) is 0 Å². The summed E-state index contributed by atoms with van der Waals surface area (Å²) in [6.45, 7) is 3.86. The Bertz CT molecular complexity index is 1270. The number of para-hydroxylation sites is 1. The molecule has 0 saturated heterocycles. The minimum Gasteiger partial charge on any atom is -0.384 e. The lowest BCUT2D eigenvalue weighted by Crippen LogP contribution is -2.35. The van der Waals surface area contributed by atoms with Gasteiger partial charge in [-0.25, -0.2) is 9.78 Å². The molecule has 29 heavy (non-hydrogen) atoms. The Kier molecular flexibility index (Phi) is 5.73. The minimum atomic E-state index is -0.831. The fraction of sp³-hybridized carbons (Fsp3) is 0.316. The number of hydrogen-bond donors (Lipinski definition) is 2. The normalized spacial score (nSPS) is 12.2. The highest BCUT2D eigenvalue weighted by atomic mass is 32.2. The Morgan fingerprint density at radius 2 is 1.97 bits per heavy atom. The van der Waals surface area contributed by atoms with Crippen LogP contribution in [0.3, 0.4) is 0 Å². The number of nitrogen functional groups attached to an aromatic ring is 1. The van der Waals surface area contributed by atoms with Crippen LogP contribution in [0.1, 0.15) is 36.7 Å². The maximum atomic E-state index is 13.0. The van der Waals surface area contributed by atoms with Crippen LogP contribution >= 0.6 is 11.8 Å². The van der Waals surface area contributed by atoms with Crippen LogP contribution in [0.25, 0.3) is 10.9 Å². The predicted molar refractivity (Wildman–Crippen MR) is 113 cm³/mol. The molecule has 0 aliphatic heterocycles. The Hall–Kier alpha value is -3.14. The van der Waals surface area contributed by atoms with E-state index < -0.39 is 17.0 Å². The molecule has 3 N–H and O–H groups in total. The van der Waals surface area contributed by atoms with Crippen molar-refractivity contribution in [3.8, 4) is 0 Å². The van der Waals surface area contributed by atoms with Gasteiger partial charge >= 0.3 is 5.69 Å². The second-order valence-electron chi connectivity index (χ2n) is 6.63. The maximum Gasteiger partial charge on any atom is 0.329 e. The van der Waals surface area contributed by atoms with Crippen molar-refractivity contribution in [3.05, 3.63) is 61.0 Å². The van der Waals surface area contributed by atoms with Gasteiger partial charge in [-0.2, -0.15) is 0 Å². The van der Waals surface area contributed by atoms with E-state index in [-0.39, 0.29) is 28.7 Å². The minimum absolute atomic E-state index is 0.122. The van der Waals surface area contributed by atoms with Crippen molar-refractivity contribution < 1.29 is 4.79 Å². The first-order valence-corrected chi connectivity index (χ1v) is 10.0. The van der Waals surface area contributed by atoms with Crippen LogP contribution in [-0.2, 0) is 7.05 Å². The van der Waals surface area contributed by atoms with Gasteiger partial charge in [0, 0.05) is 13.1 Å². The Labute approximate surface area is 169 Å². The summed E-state index contributed by atoms with van der Waals surface area (Å²) in [5.41, 5.74) is 4.34. The number of hydrogen-bond acceptors (Lipinski definition) is 7. The Balaban J connectivity index is 2.02. The molecule has 1 atom stereocenters. The molecule has 0 amide bonds. The number of nitrogens with zero attached hydrogens (tertiary/aromatic N) is 3. The fourth-order valence-corrected chi connectivity index (χ4v) is 3.88. The van der Waals surface area contributed by atoms with Gasteiger partial charge in [-0.1, -0.05) is 30.8 Å². The van der Waals surface area contributed by atoms with Gasteiger partial charge < -0.3 is 5.73 Å². The van der Waals surface area contributed by atoms with E-state index in [0.717, 1.165) is 16.3 Å². The zero-order valence-corrected chi connectivity index (χ0v) is 17.1. The van der Waals surface area contributed by atoms with E-state index in [1.807, 2.05) is 13.8 Å². The first-order chi connectivity index (χ1) is 13.8. The monoisotopic (exact) mass is 415 g/mol. The molecule has 10 heteroatoms. The summed E-state index contributed by atoms with van der Waals surface area (Å²) in [5, 5.41) is 0.887. The van der Waals surface area contributed by atoms with E-state index in [4.69, 9.17) is 5.73 Å². The number of aromatic nitrogens is 4. The van der Waals surface area contributed by atoms with Crippen LogP contribution in [-0.4, -0.2) is 30.6 Å². The number of carbonyl (C=O) groups is 1. The maximum absolute atomic E-state index is 13.0. The van der Waals surface area contributed by atoms with Gasteiger partial charge in [-0.15, -0.1) is 0 Å². The highest BCUT2D eigenvalue weighted by Crippen LogP contribution is 2.23. The van der Waals surface area contributed by atoms with Crippen molar-refractivity contribution >= 4 is 34.3 Å². The average molecular weight is 415 g/mol. The van der Waals surface area contributed by atoms with Crippen LogP contribution in [0.15, 0.2) is 43.8 Å². The molecule has 0 aliphatic rings. The van der Waals surface area contributed by atoms with Gasteiger partial charge in [0.05, 0.1) is 16.7 Å². The van der Waals surface area contributed by atoms with Gasteiger partial charge in [-0.05, 0) is 25.5 Å². The number of benzene rings is 1. The van der Waals surface area contributed by atoms with Crippen molar-refractivity contribution in [2.24, 2.45) is 7.05 Å². The van der Waals surface area contributed by atoms with E-state index in [0.29, 0.717) is 22.5 Å². The second-order valence-corrected chi connectivity index (χ2v) is 7.58. The molecule has 0 spiro atoms. The molecule has 0 radical (unpaired) electrons. The number of Topliss-reactive ketones (excluding diaryl/α,β-unsaturated/α-hetero) is 1. The summed E-state index contributed by atoms with van der Waals surface area (Å²) in [7, 11) is 1.36. The topological polar surface area (TPSA) is 133 Å². The van der Waals surface area contributed by atoms with Crippen molar-refractivity contribution in [1.82, 2.24) is 19.1 Å². The van der Waals surface area contributed by atoms with Crippen LogP contribution in [0, 0.1) is 0 Å². The van der Waals surface area contributed by atoms with Gasteiger partial charge in [0.25, 0.3) is 11.1 Å². The standard InChI is InChI=1S/C19H21N5O4S/c1-4-10(2)24-17(27)11-7-5-6-8-12(11)21-19(24)29-9-13(25)14-15(20)23(3)18(28)22-16(14)26/h5-8,10H,4,9,20H2,1-3H3,(H,22,26,28)/t10-/m1/s1. The van der Waals surface area contributed by atoms with E-state index >= 15 is 0 Å². The summed E-state index contributed by atoms with van der Waals surface area (Å²) < 4.78 is 2.57. The summed E-state index contributed by atoms with van der Waals surface area (Å²) in [6.07, 6.45) is 0.703. The highest BCUT2D eigenvalue weighted by Gasteiger charge is 2.21. The number of anilines is 1. The lowest BCUT2D eigenvalue weighted by atomic mass is 10.2. The molecule has 1 aromatic carbocycles. The summed E-state index contributed by atoms with van der Waals surface area (Å²) >= 11 is 1.06.